The van der Waals surface area contributed by atoms with Crippen molar-refractivity contribution in [3.8, 4) is 10.6 Å². The molecule has 0 fully saturated rings. The number of halogens is 3. The molecule has 29 heavy (non-hydrogen) atoms. The van der Waals surface area contributed by atoms with Gasteiger partial charge in [0.05, 0.1) is 10.6 Å². The van der Waals surface area contributed by atoms with Crippen LogP contribution in [0.2, 0.25) is 0 Å². The lowest BCUT2D eigenvalue weighted by Gasteiger charge is -2.23. The van der Waals surface area contributed by atoms with Crippen molar-refractivity contribution in [1.82, 2.24) is 9.78 Å². The van der Waals surface area contributed by atoms with E-state index >= 15 is 0 Å². The van der Waals surface area contributed by atoms with Crippen molar-refractivity contribution >= 4 is 27.0 Å². The molecule has 0 amide bonds. The van der Waals surface area contributed by atoms with Gasteiger partial charge >= 0.3 is 6.18 Å². The van der Waals surface area contributed by atoms with E-state index in [1.165, 1.54) is 23.5 Å². The molecule has 0 spiro atoms. The number of benzene rings is 1. The first-order chi connectivity index (χ1) is 13.5. The van der Waals surface area contributed by atoms with Crippen molar-refractivity contribution in [3.05, 3.63) is 53.7 Å². The Bertz CT molecular complexity index is 1120. The van der Waals surface area contributed by atoms with Gasteiger partial charge in [-0.1, -0.05) is 19.1 Å². The molecule has 0 bridgehead atoms. The van der Waals surface area contributed by atoms with Gasteiger partial charge in [-0.25, -0.2) is 8.42 Å². The average Bonchev–Trinajstić information content (AvgIpc) is 3.26. The number of rotatable bonds is 6. The minimum atomic E-state index is -4.53. The van der Waals surface area contributed by atoms with Crippen molar-refractivity contribution in [3.63, 3.8) is 0 Å². The molecular weight excluding hydrogens is 423 g/mol. The first kappa shape index (κ1) is 21.4. The zero-order valence-electron chi connectivity index (χ0n) is 16.1. The summed E-state index contributed by atoms with van der Waals surface area (Å²) in [7, 11) is -2.65. The molecular formula is C19H20F3N3O2S2. The van der Waals surface area contributed by atoms with Crippen LogP contribution in [-0.2, 0) is 23.2 Å². The van der Waals surface area contributed by atoms with Crippen LogP contribution >= 0.6 is 11.3 Å². The van der Waals surface area contributed by atoms with Crippen LogP contribution in [0.4, 0.5) is 18.9 Å². The van der Waals surface area contributed by atoms with Crippen molar-refractivity contribution in [2.75, 3.05) is 10.8 Å². The third kappa shape index (κ3) is 4.32. The Morgan fingerprint density at radius 3 is 2.48 bits per heavy atom. The van der Waals surface area contributed by atoms with Gasteiger partial charge in [-0.3, -0.25) is 8.99 Å². The number of hydrogen-bond donors (Lipinski definition) is 0. The first-order valence-electron chi connectivity index (χ1n) is 8.85. The van der Waals surface area contributed by atoms with Gasteiger partial charge in [0.15, 0.2) is 0 Å². The molecule has 156 valence electrons. The van der Waals surface area contributed by atoms with E-state index in [9.17, 15) is 21.6 Å². The second-order valence-corrected chi connectivity index (χ2v) is 9.74. The highest BCUT2D eigenvalue weighted by molar-refractivity contribution is 7.94. The lowest BCUT2D eigenvalue weighted by atomic mass is 10.2. The standard InChI is InChI=1S/C19H20F3N3O2S2/c1-4-10-25(14-7-5-6-13(2)11-14)29(26,27)18-9-8-16(28-18)15-12-17(19(20,21)22)24(3)23-15/h5-9,11-12H,4,10H2,1-3H3. The van der Waals surface area contributed by atoms with Gasteiger partial charge in [0, 0.05) is 13.6 Å². The van der Waals surface area contributed by atoms with Crippen molar-refractivity contribution in [2.24, 2.45) is 7.05 Å². The summed E-state index contributed by atoms with van der Waals surface area (Å²) in [5, 5.41) is 3.89. The molecule has 1 aromatic carbocycles. The number of alkyl halides is 3. The number of sulfonamides is 1. The SMILES string of the molecule is CCCN(c1cccc(C)c1)S(=O)(=O)c1ccc(-c2cc(C(F)(F)F)n(C)n2)s1. The summed E-state index contributed by atoms with van der Waals surface area (Å²) in [6.07, 6.45) is -3.92. The fraction of sp³-hybridized carbons (Fsp3) is 0.316. The summed E-state index contributed by atoms with van der Waals surface area (Å²) in [6, 6.07) is 11.0. The smallest absolute Gasteiger partial charge is 0.266 e. The molecule has 0 saturated heterocycles. The quantitative estimate of drug-likeness (QED) is 0.534. The lowest BCUT2D eigenvalue weighted by Crippen LogP contribution is -2.31. The molecule has 0 atom stereocenters. The van der Waals surface area contributed by atoms with E-state index in [1.54, 1.807) is 18.2 Å². The Morgan fingerprint density at radius 2 is 1.90 bits per heavy atom. The summed E-state index contributed by atoms with van der Waals surface area (Å²) >= 11 is 0.906. The fourth-order valence-electron chi connectivity index (χ4n) is 2.93. The Hall–Kier alpha value is -2.33. The minimum absolute atomic E-state index is 0.0571. The lowest BCUT2D eigenvalue weighted by molar-refractivity contribution is -0.143. The molecule has 0 aliphatic heterocycles. The molecule has 2 aromatic heterocycles. The average molecular weight is 444 g/mol. The Balaban J connectivity index is 2.00. The number of aromatic nitrogens is 2. The van der Waals surface area contributed by atoms with Crippen molar-refractivity contribution in [2.45, 2.75) is 30.7 Å². The Kier molecular flexibility index (Phi) is 5.77. The van der Waals surface area contributed by atoms with Crippen LogP contribution in [0, 0.1) is 6.92 Å². The largest absolute Gasteiger partial charge is 0.433 e. The van der Waals surface area contributed by atoms with Gasteiger partial charge in [-0.2, -0.15) is 18.3 Å². The van der Waals surface area contributed by atoms with Crippen LogP contribution < -0.4 is 4.31 Å². The third-order valence-corrected chi connectivity index (χ3v) is 7.67. The van der Waals surface area contributed by atoms with Crippen molar-refractivity contribution < 1.29 is 21.6 Å². The molecule has 0 radical (unpaired) electrons. The number of hydrogen-bond acceptors (Lipinski definition) is 4. The monoisotopic (exact) mass is 443 g/mol. The second kappa shape index (κ2) is 7.83. The van der Waals surface area contributed by atoms with Crippen LogP contribution in [0.1, 0.15) is 24.6 Å². The van der Waals surface area contributed by atoms with Gasteiger partial charge in [-0.05, 0) is 49.2 Å². The zero-order valence-corrected chi connectivity index (χ0v) is 17.7. The maximum Gasteiger partial charge on any atom is 0.433 e. The van der Waals surface area contributed by atoms with Gasteiger partial charge in [0.25, 0.3) is 10.0 Å². The number of thiophene rings is 1. The minimum Gasteiger partial charge on any atom is -0.266 e. The third-order valence-electron chi connectivity index (χ3n) is 4.26. The Morgan fingerprint density at radius 1 is 1.17 bits per heavy atom. The molecule has 10 heteroatoms. The topological polar surface area (TPSA) is 55.2 Å². The molecule has 5 nitrogen and oxygen atoms in total. The van der Waals surface area contributed by atoms with Crippen molar-refractivity contribution in [1.29, 1.82) is 0 Å². The molecule has 0 aliphatic rings. The number of aryl methyl sites for hydroxylation is 2. The first-order valence-corrected chi connectivity index (χ1v) is 11.1. The molecule has 3 rings (SSSR count). The fourth-order valence-corrected chi connectivity index (χ4v) is 5.86. The van der Waals surface area contributed by atoms with Crippen LogP contribution in [0.5, 0.6) is 0 Å². The van der Waals surface area contributed by atoms with Crippen LogP contribution in [0.3, 0.4) is 0 Å². The Labute approximate surface area is 171 Å². The predicted octanol–water partition coefficient (Wildman–Crippen LogP) is 5.08. The van der Waals surface area contributed by atoms with E-state index in [0.717, 1.165) is 27.6 Å². The second-order valence-electron chi connectivity index (χ2n) is 6.57. The number of anilines is 1. The summed E-state index contributed by atoms with van der Waals surface area (Å²) in [5.41, 5.74) is 0.680. The predicted molar refractivity (Wildman–Crippen MR) is 108 cm³/mol. The summed E-state index contributed by atoms with van der Waals surface area (Å²) in [5.74, 6) is 0. The van der Waals surface area contributed by atoms with E-state index in [4.69, 9.17) is 0 Å². The summed E-state index contributed by atoms with van der Waals surface area (Å²) < 4.78 is 67.7. The van der Waals surface area contributed by atoms with Gasteiger partial charge < -0.3 is 0 Å². The molecule has 0 N–H and O–H groups in total. The maximum absolute atomic E-state index is 13.2. The van der Waals surface area contributed by atoms with Crippen LogP contribution in [0.25, 0.3) is 10.6 Å². The molecule has 3 aromatic rings. The van der Waals surface area contributed by atoms with E-state index in [1.807, 2.05) is 19.9 Å². The highest BCUT2D eigenvalue weighted by Crippen LogP contribution is 2.36. The van der Waals surface area contributed by atoms with Gasteiger partial charge in [-0.15, -0.1) is 11.3 Å². The van der Waals surface area contributed by atoms with E-state index in [-0.39, 0.29) is 9.90 Å². The maximum atomic E-state index is 13.2. The van der Waals surface area contributed by atoms with Gasteiger partial charge in [0.2, 0.25) is 0 Å². The van der Waals surface area contributed by atoms with E-state index in [0.29, 0.717) is 23.5 Å². The highest BCUT2D eigenvalue weighted by atomic mass is 32.2. The van der Waals surface area contributed by atoms with E-state index < -0.39 is 21.9 Å². The normalized spacial score (nSPS) is 12.3. The molecule has 2 heterocycles. The van der Waals surface area contributed by atoms with E-state index in [2.05, 4.69) is 5.10 Å². The molecule has 0 aliphatic carbocycles. The van der Waals surface area contributed by atoms with Crippen LogP contribution in [0.15, 0.2) is 46.7 Å². The molecule has 0 unspecified atom stereocenters. The highest BCUT2D eigenvalue weighted by Gasteiger charge is 2.35. The molecule has 0 saturated carbocycles. The van der Waals surface area contributed by atoms with Crippen LogP contribution in [-0.4, -0.2) is 24.7 Å². The zero-order chi connectivity index (χ0) is 21.4. The summed E-state index contributed by atoms with van der Waals surface area (Å²) in [6.45, 7) is 4.05. The summed E-state index contributed by atoms with van der Waals surface area (Å²) in [4.78, 5) is 0.357. The number of nitrogens with zero attached hydrogens (tertiary/aromatic N) is 3. The van der Waals surface area contributed by atoms with Gasteiger partial charge in [0.1, 0.15) is 15.6 Å².